The van der Waals surface area contributed by atoms with Crippen LogP contribution >= 0.6 is 11.5 Å². The van der Waals surface area contributed by atoms with Gasteiger partial charge >= 0.3 is 0 Å². The van der Waals surface area contributed by atoms with E-state index in [4.69, 9.17) is 5.84 Å². The Kier molecular flexibility index (Phi) is 3.43. The van der Waals surface area contributed by atoms with Gasteiger partial charge in [-0.15, -0.1) is 5.10 Å². The molecule has 2 amide bonds. The van der Waals surface area contributed by atoms with E-state index in [-0.39, 0.29) is 30.2 Å². The lowest BCUT2D eigenvalue weighted by Gasteiger charge is -2.16. The maximum Gasteiger partial charge on any atom is 0.233 e. The van der Waals surface area contributed by atoms with Crippen LogP contribution < -0.4 is 11.3 Å². The SMILES string of the molecule is CCC1CC2C(=O)N(Cc3nnsc3NN)C(=O)C2C1. The standard InChI is InChI=1S/C12H17N5O2S/c1-2-6-3-7-8(4-6)12(19)17(11(7)18)5-9-10(14-13)20-16-15-9/h6-8,14H,2-5,13H2,1H3. The summed E-state index contributed by atoms with van der Waals surface area (Å²) in [4.78, 5) is 26.1. The summed E-state index contributed by atoms with van der Waals surface area (Å²) in [6.07, 6.45) is 2.70. The van der Waals surface area contributed by atoms with E-state index < -0.39 is 0 Å². The number of hydrazine groups is 1. The molecular weight excluding hydrogens is 278 g/mol. The lowest BCUT2D eigenvalue weighted by molar-refractivity contribution is -0.141. The number of anilines is 1. The van der Waals surface area contributed by atoms with E-state index in [1.165, 1.54) is 4.90 Å². The number of nitrogens with zero attached hydrogens (tertiary/aromatic N) is 3. The zero-order valence-corrected chi connectivity index (χ0v) is 12.0. The van der Waals surface area contributed by atoms with Gasteiger partial charge in [0.2, 0.25) is 11.8 Å². The van der Waals surface area contributed by atoms with Crippen molar-refractivity contribution in [2.75, 3.05) is 5.43 Å². The van der Waals surface area contributed by atoms with Crippen LogP contribution in [0.2, 0.25) is 0 Å². The number of rotatable bonds is 4. The lowest BCUT2D eigenvalue weighted by atomic mass is 10.00. The number of imide groups is 1. The summed E-state index contributed by atoms with van der Waals surface area (Å²) in [6, 6.07) is 0. The summed E-state index contributed by atoms with van der Waals surface area (Å²) >= 11 is 1.11. The van der Waals surface area contributed by atoms with Crippen molar-refractivity contribution in [2.24, 2.45) is 23.6 Å². The first-order valence-corrected chi connectivity index (χ1v) is 7.56. The minimum atomic E-state index is -0.131. The molecule has 2 aliphatic rings. The van der Waals surface area contributed by atoms with Crippen molar-refractivity contribution in [1.82, 2.24) is 14.5 Å². The number of carbonyl (C=O) groups excluding carboxylic acids is 2. The van der Waals surface area contributed by atoms with Crippen molar-refractivity contribution >= 4 is 28.3 Å². The van der Waals surface area contributed by atoms with Crippen molar-refractivity contribution in [1.29, 1.82) is 0 Å². The maximum atomic E-state index is 12.4. The zero-order chi connectivity index (χ0) is 14.3. The second-order valence-electron chi connectivity index (χ2n) is 5.41. The molecule has 0 spiro atoms. The Morgan fingerprint density at radius 1 is 1.35 bits per heavy atom. The summed E-state index contributed by atoms with van der Waals surface area (Å²) in [7, 11) is 0. The van der Waals surface area contributed by atoms with E-state index in [0.717, 1.165) is 30.8 Å². The number of nitrogens with two attached hydrogens (primary N) is 1. The molecule has 0 bridgehead atoms. The molecule has 1 aliphatic carbocycles. The Labute approximate surface area is 120 Å². The number of hydrogen-bond donors (Lipinski definition) is 2. The number of nitrogen functional groups attached to an aromatic ring is 1. The fraction of sp³-hybridized carbons (Fsp3) is 0.667. The highest BCUT2D eigenvalue weighted by Crippen LogP contribution is 2.44. The fourth-order valence-electron chi connectivity index (χ4n) is 3.26. The lowest BCUT2D eigenvalue weighted by Crippen LogP contribution is -2.32. The first kappa shape index (κ1) is 13.4. The maximum absolute atomic E-state index is 12.4. The number of hydrogen-bond acceptors (Lipinski definition) is 7. The topological polar surface area (TPSA) is 101 Å². The van der Waals surface area contributed by atoms with Crippen molar-refractivity contribution < 1.29 is 9.59 Å². The van der Waals surface area contributed by atoms with Crippen LogP contribution in [0.5, 0.6) is 0 Å². The fourth-order valence-corrected chi connectivity index (χ4v) is 3.74. The van der Waals surface area contributed by atoms with Crippen molar-refractivity contribution in [2.45, 2.75) is 32.7 Å². The Morgan fingerprint density at radius 2 is 2.00 bits per heavy atom. The van der Waals surface area contributed by atoms with E-state index in [1.807, 2.05) is 0 Å². The molecule has 108 valence electrons. The minimum Gasteiger partial charge on any atom is -0.313 e. The van der Waals surface area contributed by atoms with Crippen LogP contribution in [-0.4, -0.2) is 26.3 Å². The molecule has 2 atom stereocenters. The molecule has 3 rings (SSSR count). The quantitative estimate of drug-likeness (QED) is 0.483. The first-order chi connectivity index (χ1) is 9.65. The molecule has 1 aromatic heterocycles. The molecule has 2 heterocycles. The third-order valence-electron chi connectivity index (χ3n) is 4.40. The van der Waals surface area contributed by atoms with Crippen molar-refractivity contribution in [3.8, 4) is 0 Å². The molecule has 3 N–H and O–H groups in total. The third-order valence-corrected chi connectivity index (χ3v) is 5.10. The van der Waals surface area contributed by atoms with E-state index in [1.54, 1.807) is 0 Å². The molecule has 0 radical (unpaired) electrons. The van der Waals surface area contributed by atoms with E-state index in [9.17, 15) is 9.59 Å². The van der Waals surface area contributed by atoms with Gasteiger partial charge in [0.25, 0.3) is 0 Å². The van der Waals surface area contributed by atoms with Gasteiger partial charge in [-0.1, -0.05) is 17.8 Å². The second kappa shape index (κ2) is 5.10. The number of fused-ring (bicyclic) bond motifs is 1. The van der Waals surface area contributed by atoms with Gasteiger partial charge in [0.1, 0.15) is 10.7 Å². The van der Waals surface area contributed by atoms with Crippen molar-refractivity contribution in [3.05, 3.63) is 5.69 Å². The Bertz CT molecular complexity index is 522. The van der Waals surface area contributed by atoms with E-state index >= 15 is 0 Å². The van der Waals surface area contributed by atoms with Crippen LogP contribution in [0, 0.1) is 17.8 Å². The Hall–Kier alpha value is -1.54. The van der Waals surface area contributed by atoms with Gasteiger partial charge in [0, 0.05) is 11.5 Å². The molecule has 20 heavy (non-hydrogen) atoms. The van der Waals surface area contributed by atoms with Gasteiger partial charge < -0.3 is 5.43 Å². The molecule has 8 heteroatoms. The number of nitrogens with one attached hydrogen (secondary N) is 1. The molecule has 7 nitrogen and oxygen atoms in total. The second-order valence-corrected chi connectivity index (χ2v) is 6.17. The van der Waals surface area contributed by atoms with Crippen LogP contribution in [0.25, 0.3) is 0 Å². The third kappa shape index (κ3) is 1.99. The van der Waals surface area contributed by atoms with Gasteiger partial charge in [0.05, 0.1) is 18.4 Å². The monoisotopic (exact) mass is 295 g/mol. The minimum absolute atomic E-state index is 0.0630. The number of amides is 2. The van der Waals surface area contributed by atoms with Crippen LogP contribution in [0.15, 0.2) is 0 Å². The van der Waals surface area contributed by atoms with Gasteiger partial charge in [-0.25, -0.2) is 5.84 Å². The number of carbonyl (C=O) groups is 2. The molecule has 1 saturated heterocycles. The van der Waals surface area contributed by atoms with Crippen LogP contribution in [0.3, 0.4) is 0 Å². The van der Waals surface area contributed by atoms with E-state index in [0.29, 0.717) is 16.6 Å². The Morgan fingerprint density at radius 3 is 2.55 bits per heavy atom. The normalized spacial score (nSPS) is 29.1. The van der Waals surface area contributed by atoms with Gasteiger partial charge in [-0.2, -0.15) is 0 Å². The largest absolute Gasteiger partial charge is 0.313 e. The number of likely N-dealkylation sites (tertiary alicyclic amines) is 1. The molecule has 2 fully saturated rings. The molecular formula is C12H17N5O2S. The van der Waals surface area contributed by atoms with Crippen LogP contribution in [0.1, 0.15) is 31.9 Å². The molecule has 2 unspecified atom stereocenters. The predicted octanol–water partition coefficient (Wildman–Crippen LogP) is 0.745. The molecule has 1 aliphatic heterocycles. The summed E-state index contributed by atoms with van der Waals surface area (Å²) in [5.74, 6) is 5.47. The molecule has 1 aromatic rings. The van der Waals surface area contributed by atoms with Crippen LogP contribution in [0.4, 0.5) is 5.00 Å². The summed E-state index contributed by atoms with van der Waals surface area (Å²) in [5.41, 5.74) is 3.04. The highest BCUT2D eigenvalue weighted by molar-refractivity contribution is 7.10. The molecule has 1 saturated carbocycles. The highest BCUT2D eigenvalue weighted by Gasteiger charge is 2.52. The van der Waals surface area contributed by atoms with Gasteiger partial charge in [0.15, 0.2) is 0 Å². The number of aromatic nitrogens is 2. The smallest absolute Gasteiger partial charge is 0.233 e. The highest BCUT2D eigenvalue weighted by atomic mass is 32.1. The van der Waals surface area contributed by atoms with Crippen LogP contribution in [-0.2, 0) is 16.1 Å². The summed E-state index contributed by atoms with van der Waals surface area (Å²) < 4.78 is 3.78. The van der Waals surface area contributed by atoms with Gasteiger partial charge in [-0.05, 0) is 18.8 Å². The molecule has 0 aromatic carbocycles. The first-order valence-electron chi connectivity index (χ1n) is 6.78. The van der Waals surface area contributed by atoms with Gasteiger partial charge in [-0.3, -0.25) is 14.5 Å². The Balaban J connectivity index is 1.77. The van der Waals surface area contributed by atoms with E-state index in [2.05, 4.69) is 21.9 Å². The average Bonchev–Trinajstić information content (AvgIpc) is 3.13. The predicted molar refractivity (Wildman–Crippen MR) is 73.3 cm³/mol. The summed E-state index contributed by atoms with van der Waals surface area (Å²) in [6.45, 7) is 2.27. The summed E-state index contributed by atoms with van der Waals surface area (Å²) in [5, 5.41) is 4.52. The van der Waals surface area contributed by atoms with Crippen molar-refractivity contribution in [3.63, 3.8) is 0 Å². The zero-order valence-electron chi connectivity index (χ0n) is 11.2. The average molecular weight is 295 g/mol.